The zero-order chi connectivity index (χ0) is 21.2. The van der Waals surface area contributed by atoms with Crippen molar-refractivity contribution in [1.29, 1.82) is 0 Å². The van der Waals surface area contributed by atoms with Crippen LogP contribution >= 0.6 is 0 Å². The molecule has 1 aromatic heterocycles. The van der Waals surface area contributed by atoms with Crippen LogP contribution in [0.4, 0.5) is 8.78 Å². The van der Waals surface area contributed by atoms with Gasteiger partial charge in [-0.3, -0.25) is 9.78 Å². The van der Waals surface area contributed by atoms with Gasteiger partial charge in [-0.2, -0.15) is 0 Å². The molecule has 0 aliphatic heterocycles. The van der Waals surface area contributed by atoms with E-state index < -0.39 is 5.92 Å². The van der Waals surface area contributed by atoms with Crippen LogP contribution in [-0.4, -0.2) is 16.9 Å². The second-order valence-corrected chi connectivity index (χ2v) is 8.02. The molecule has 0 aliphatic rings. The summed E-state index contributed by atoms with van der Waals surface area (Å²) in [5.41, 5.74) is 0.823. The molecule has 0 amide bonds. The van der Waals surface area contributed by atoms with Gasteiger partial charge in [-0.15, -0.1) is 0 Å². The van der Waals surface area contributed by atoms with Gasteiger partial charge in [0.2, 0.25) is 5.92 Å². The lowest BCUT2D eigenvalue weighted by Crippen LogP contribution is -2.16. The van der Waals surface area contributed by atoms with Crippen molar-refractivity contribution in [3.8, 4) is 0 Å². The molecular weight excluding hydrogens is 372 g/mol. The number of rotatable bonds is 18. The number of unbranched alkanes of at least 4 members (excludes halogenated alkanes) is 10. The van der Waals surface area contributed by atoms with Crippen LogP contribution in [-0.2, 0) is 16.1 Å². The summed E-state index contributed by atoms with van der Waals surface area (Å²) >= 11 is 0. The Hall–Kier alpha value is -1.52. The summed E-state index contributed by atoms with van der Waals surface area (Å²) in [7, 11) is 0. The number of pyridine rings is 1. The van der Waals surface area contributed by atoms with Crippen molar-refractivity contribution in [2.45, 2.75) is 116 Å². The standard InChI is InChI=1S/C24H39F2NO2/c1-2-3-4-5-6-7-8-9-10-12-17-24(25,26)18-13-11-16-23(28)29-21-22-15-14-19-27-20-22/h14-15,19-20H,2-13,16-18,21H2,1H3. The Morgan fingerprint density at radius 1 is 0.931 bits per heavy atom. The lowest BCUT2D eigenvalue weighted by molar-refractivity contribution is -0.145. The van der Waals surface area contributed by atoms with Gasteiger partial charge < -0.3 is 4.74 Å². The monoisotopic (exact) mass is 411 g/mol. The number of aromatic nitrogens is 1. The Morgan fingerprint density at radius 2 is 1.52 bits per heavy atom. The van der Waals surface area contributed by atoms with E-state index in [4.69, 9.17) is 4.74 Å². The minimum atomic E-state index is -2.61. The number of alkyl halides is 2. The van der Waals surface area contributed by atoms with Crippen LogP contribution in [0.3, 0.4) is 0 Å². The summed E-state index contributed by atoms with van der Waals surface area (Å²) in [5, 5.41) is 0. The normalized spacial score (nSPS) is 11.6. The van der Waals surface area contributed by atoms with Crippen molar-refractivity contribution in [3.63, 3.8) is 0 Å². The van der Waals surface area contributed by atoms with Crippen LogP contribution < -0.4 is 0 Å². The van der Waals surface area contributed by atoms with Gasteiger partial charge in [-0.05, 0) is 25.3 Å². The van der Waals surface area contributed by atoms with Gasteiger partial charge >= 0.3 is 5.97 Å². The molecule has 1 rings (SSSR count). The maximum absolute atomic E-state index is 13.9. The number of hydrogen-bond acceptors (Lipinski definition) is 3. The Kier molecular flexibility index (Phi) is 14.3. The van der Waals surface area contributed by atoms with Crippen molar-refractivity contribution in [1.82, 2.24) is 4.98 Å². The first-order valence-electron chi connectivity index (χ1n) is 11.5. The van der Waals surface area contributed by atoms with Crippen LogP contribution in [0.1, 0.15) is 109 Å². The third-order valence-corrected chi connectivity index (χ3v) is 5.19. The molecule has 0 unspecified atom stereocenters. The van der Waals surface area contributed by atoms with E-state index in [9.17, 15) is 13.6 Å². The fourth-order valence-corrected chi connectivity index (χ4v) is 3.37. The number of nitrogens with zero attached hydrogens (tertiary/aromatic N) is 1. The minimum Gasteiger partial charge on any atom is -0.461 e. The molecule has 0 bridgehead atoms. The molecule has 0 atom stereocenters. The summed E-state index contributed by atoms with van der Waals surface area (Å²) in [6.07, 6.45) is 15.6. The van der Waals surface area contributed by atoms with E-state index in [2.05, 4.69) is 11.9 Å². The van der Waals surface area contributed by atoms with E-state index in [1.54, 1.807) is 18.5 Å². The van der Waals surface area contributed by atoms with Crippen molar-refractivity contribution >= 4 is 5.97 Å². The van der Waals surface area contributed by atoms with Crippen molar-refractivity contribution in [2.24, 2.45) is 0 Å². The number of carbonyl (C=O) groups is 1. The maximum atomic E-state index is 13.9. The first-order valence-corrected chi connectivity index (χ1v) is 11.5. The molecule has 166 valence electrons. The lowest BCUT2D eigenvalue weighted by atomic mass is 10.0. The summed E-state index contributed by atoms with van der Waals surface area (Å²) in [4.78, 5) is 15.6. The lowest BCUT2D eigenvalue weighted by Gasteiger charge is -2.16. The molecule has 0 radical (unpaired) electrons. The van der Waals surface area contributed by atoms with Gasteiger partial charge in [0.25, 0.3) is 0 Å². The highest BCUT2D eigenvalue weighted by Gasteiger charge is 2.27. The van der Waals surface area contributed by atoms with E-state index in [0.717, 1.165) is 18.4 Å². The zero-order valence-electron chi connectivity index (χ0n) is 18.1. The van der Waals surface area contributed by atoms with E-state index in [0.29, 0.717) is 19.3 Å². The van der Waals surface area contributed by atoms with Crippen molar-refractivity contribution < 1.29 is 18.3 Å². The van der Waals surface area contributed by atoms with E-state index >= 15 is 0 Å². The van der Waals surface area contributed by atoms with Crippen LogP contribution in [0.25, 0.3) is 0 Å². The number of hydrogen-bond donors (Lipinski definition) is 0. The van der Waals surface area contributed by atoms with Gasteiger partial charge in [-0.25, -0.2) is 8.78 Å². The first kappa shape index (κ1) is 25.5. The smallest absolute Gasteiger partial charge is 0.306 e. The minimum absolute atomic E-state index is 0.0328. The van der Waals surface area contributed by atoms with Crippen LogP contribution in [0.15, 0.2) is 24.5 Å². The van der Waals surface area contributed by atoms with Crippen LogP contribution in [0, 0.1) is 0 Å². The third kappa shape index (κ3) is 15.0. The van der Waals surface area contributed by atoms with Gasteiger partial charge in [0.1, 0.15) is 6.61 Å². The molecule has 29 heavy (non-hydrogen) atoms. The topological polar surface area (TPSA) is 39.2 Å². The highest BCUT2D eigenvalue weighted by molar-refractivity contribution is 5.69. The fourth-order valence-electron chi connectivity index (χ4n) is 3.37. The Labute approximate surface area is 175 Å². The molecule has 0 spiro atoms. The van der Waals surface area contributed by atoms with E-state index in [1.165, 1.54) is 44.9 Å². The summed E-state index contributed by atoms with van der Waals surface area (Å²) in [5.74, 6) is -2.95. The van der Waals surface area contributed by atoms with Crippen LogP contribution in [0.5, 0.6) is 0 Å². The second kappa shape index (κ2) is 16.3. The molecule has 0 aliphatic carbocycles. The molecule has 3 nitrogen and oxygen atoms in total. The quantitative estimate of drug-likeness (QED) is 0.184. The molecule has 0 N–H and O–H groups in total. The molecule has 5 heteroatoms. The Balaban J connectivity index is 1.95. The first-order chi connectivity index (χ1) is 14.0. The molecule has 0 saturated carbocycles. The highest BCUT2D eigenvalue weighted by Crippen LogP contribution is 2.28. The number of halogens is 2. The average molecular weight is 412 g/mol. The Morgan fingerprint density at radius 3 is 2.10 bits per heavy atom. The number of esters is 1. The molecular formula is C24H39F2NO2. The summed E-state index contributed by atoms with van der Waals surface area (Å²) in [6.45, 7) is 2.40. The SMILES string of the molecule is CCCCCCCCCCCCC(F)(F)CCCCC(=O)OCc1cccnc1. The summed E-state index contributed by atoms with van der Waals surface area (Å²) in [6, 6.07) is 3.61. The highest BCUT2D eigenvalue weighted by atomic mass is 19.3. The van der Waals surface area contributed by atoms with E-state index in [-0.39, 0.29) is 31.8 Å². The molecule has 0 aromatic carbocycles. The van der Waals surface area contributed by atoms with Gasteiger partial charge in [0, 0.05) is 37.2 Å². The Bertz CT molecular complexity index is 523. The molecule has 0 saturated heterocycles. The third-order valence-electron chi connectivity index (χ3n) is 5.19. The van der Waals surface area contributed by atoms with Gasteiger partial charge in [0.05, 0.1) is 0 Å². The second-order valence-electron chi connectivity index (χ2n) is 8.02. The predicted octanol–water partition coefficient (Wildman–Crippen LogP) is 7.63. The van der Waals surface area contributed by atoms with Crippen molar-refractivity contribution in [3.05, 3.63) is 30.1 Å². The average Bonchev–Trinajstić information content (AvgIpc) is 2.72. The summed E-state index contributed by atoms with van der Waals surface area (Å²) < 4.78 is 33.0. The van der Waals surface area contributed by atoms with Crippen LogP contribution in [0.2, 0.25) is 0 Å². The van der Waals surface area contributed by atoms with Crippen molar-refractivity contribution in [2.75, 3.05) is 0 Å². The molecule has 1 heterocycles. The fraction of sp³-hybridized carbons (Fsp3) is 0.750. The maximum Gasteiger partial charge on any atom is 0.306 e. The number of carbonyl (C=O) groups excluding carboxylic acids is 1. The van der Waals surface area contributed by atoms with E-state index in [1.807, 2.05) is 6.07 Å². The zero-order valence-corrected chi connectivity index (χ0v) is 18.1. The predicted molar refractivity (Wildman–Crippen MR) is 114 cm³/mol. The molecule has 0 fully saturated rings. The number of ether oxygens (including phenoxy) is 1. The van der Waals surface area contributed by atoms with Gasteiger partial charge in [0.15, 0.2) is 0 Å². The largest absolute Gasteiger partial charge is 0.461 e. The molecule has 1 aromatic rings. The van der Waals surface area contributed by atoms with Gasteiger partial charge in [-0.1, -0.05) is 70.8 Å².